The molecule has 0 spiro atoms. The van der Waals surface area contributed by atoms with E-state index >= 15 is 0 Å². The quantitative estimate of drug-likeness (QED) is 0.364. The van der Waals surface area contributed by atoms with Gasteiger partial charge in [-0.1, -0.05) is 13.3 Å². The van der Waals surface area contributed by atoms with Crippen LogP contribution in [-0.4, -0.2) is 38.9 Å². The summed E-state index contributed by atoms with van der Waals surface area (Å²) in [4.78, 5) is 13.8. The second-order valence-corrected chi connectivity index (χ2v) is 6.13. The van der Waals surface area contributed by atoms with E-state index in [1.165, 1.54) is 10.8 Å². The molecule has 1 unspecified atom stereocenters. The van der Waals surface area contributed by atoms with Gasteiger partial charge in [0.15, 0.2) is 0 Å². The molecule has 0 bridgehead atoms. The lowest BCUT2D eigenvalue weighted by atomic mass is 10.3. The number of hydrogen-bond acceptors (Lipinski definition) is 6. The molecule has 25 heavy (non-hydrogen) atoms. The largest absolute Gasteiger partial charge is 0.494 e. The fraction of sp³-hybridized carbons (Fsp3) is 0.438. The Hall–Kier alpha value is -2.13. The van der Waals surface area contributed by atoms with E-state index in [4.69, 9.17) is 9.47 Å². The van der Waals surface area contributed by atoms with Crippen molar-refractivity contribution in [2.24, 2.45) is 0 Å². The lowest BCUT2D eigenvalue weighted by molar-refractivity contribution is -0.389. The highest BCUT2D eigenvalue weighted by atomic mass is 79.9. The van der Waals surface area contributed by atoms with Crippen molar-refractivity contribution in [3.05, 3.63) is 45.3 Å². The third-order valence-corrected chi connectivity index (χ3v) is 3.98. The number of nitrogens with zero attached hydrogens (tertiary/aromatic N) is 3. The molecule has 0 radical (unpaired) electrons. The predicted octanol–water partition coefficient (Wildman–Crippen LogP) is 3.17. The number of rotatable bonds is 10. The molecule has 2 aromatic rings. The van der Waals surface area contributed by atoms with E-state index in [-0.39, 0.29) is 23.7 Å². The van der Waals surface area contributed by atoms with Crippen molar-refractivity contribution >= 4 is 21.7 Å². The van der Waals surface area contributed by atoms with Gasteiger partial charge in [-0.15, -0.1) is 0 Å². The average Bonchev–Trinajstić information content (AvgIpc) is 2.95. The van der Waals surface area contributed by atoms with Crippen LogP contribution >= 0.6 is 15.9 Å². The SMILES string of the molecule is CCCCOc1ccc(OCC(O)Cn2cc([N+](=O)[O-])nc2Br)cc1. The van der Waals surface area contributed by atoms with Crippen molar-refractivity contribution in [3.63, 3.8) is 0 Å². The zero-order valence-corrected chi connectivity index (χ0v) is 15.4. The molecule has 136 valence electrons. The molecule has 0 saturated heterocycles. The molecule has 1 atom stereocenters. The predicted molar refractivity (Wildman–Crippen MR) is 94.9 cm³/mol. The Morgan fingerprint density at radius 3 is 2.52 bits per heavy atom. The molecule has 0 aliphatic heterocycles. The van der Waals surface area contributed by atoms with Crippen molar-refractivity contribution in [1.82, 2.24) is 9.55 Å². The molecule has 1 N–H and O–H groups in total. The molecule has 0 saturated carbocycles. The number of benzene rings is 1. The summed E-state index contributed by atoms with van der Waals surface area (Å²) < 4.78 is 12.8. The maximum Gasteiger partial charge on any atom is 0.382 e. The van der Waals surface area contributed by atoms with Crippen molar-refractivity contribution in [2.45, 2.75) is 32.4 Å². The number of imidazole rings is 1. The Labute approximate surface area is 153 Å². The maximum atomic E-state index is 10.7. The summed E-state index contributed by atoms with van der Waals surface area (Å²) in [5.74, 6) is 1.10. The van der Waals surface area contributed by atoms with Gasteiger partial charge in [0.1, 0.15) is 30.4 Å². The van der Waals surface area contributed by atoms with Gasteiger partial charge in [-0.25, -0.2) is 0 Å². The topological polar surface area (TPSA) is 99.6 Å². The van der Waals surface area contributed by atoms with Crippen molar-refractivity contribution < 1.29 is 19.5 Å². The number of aromatic nitrogens is 2. The number of aliphatic hydroxyl groups is 1. The van der Waals surface area contributed by atoms with Crippen LogP contribution in [0.2, 0.25) is 0 Å². The Bertz CT molecular complexity index is 690. The van der Waals surface area contributed by atoms with E-state index in [9.17, 15) is 15.2 Å². The highest BCUT2D eigenvalue weighted by Crippen LogP contribution is 2.19. The van der Waals surface area contributed by atoms with Crippen LogP contribution in [0.4, 0.5) is 5.82 Å². The fourth-order valence-corrected chi connectivity index (χ4v) is 2.46. The van der Waals surface area contributed by atoms with Gasteiger partial charge in [0, 0.05) is 15.9 Å². The highest BCUT2D eigenvalue weighted by Gasteiger charge is 2.18. The lowest BCUT2D eigenvalue weighted by Crippen LogP contribution is -2.23. The summed E-state index contributed by atoms with van der Waals surface area (Å²) in [7, 11) is 0. The third kappa shape index (κ3) is 6.02. The van der Waals surface area contributed by atoms with E-state index < -0.39 is 11.0 Å². The second kappa shape index (κ2) is 9.38. The number of halogens is 1. The first-order chi connectivity index (χ1) is 12.0. The first-order valence-electron chi connectivity index (χ1n) is 7.90. The third-order valence-electron chi connectivity index (χ3n) is 3.34. The summed E-state index contributed by atoms with van der Waals surface area (Å²) in [6.07, 6.45) is 2.50. The fourth-order valence-electron chi connectivity index (χ4n) is 2.03. The zero-order chi connectivity index (χ0) is 18.2. The molecular formula is C16H20BrN3O5. The van der Waals surface area contributed by atoms with Crippen LogP contribution in [-0.2, 0) is 6.54 Å². The van der Waals surface area contributed by atoms with Crippen molar-refractivity contribution in [2.75, 3.05) is 13.2 Å². The summed E-state index contributed by atoms with van der Waals surface area (Å²) in [5, 5.41) is 20.7. The van der Waals surface area contributed by atoms with E-state index in [0.29, 0.717) is 12.4 Å². The molecular weight excluding hydrogens is 394 g/mol. The van der Waals surface area contributed by atoms with Crippen LogP contribution in [0.25, 0.3) is 0 Å². The van der Waals surface area contributed by atoms with Crippen LogP contribution in [0.5, 0.6) is 11.5 Å². The lowest BCUT2D eigenvalue weighted by Gasteiger charge is -2.13. The Kier molecular flexibility index (Phi) is 7.20. The van der Waals surface area contributed by atoms with Crippen molar-refractivity contribution in [3.8, 4) is 11.5 Å². The Morgan fingerprint density at radius 2 is 1.96 bits per heavy atom. The Morgan fingerprint density at radius 1 is 1.32 bits per heavy atom. The minimum Gasteiger partial charge on any atom is -0.494 e. The molecule has 0 aliphatic rings. The van der Waals surface area contributed by atoms with E-state index in [1.54, 1.807) is 12.1 Å². The second-order valence-electron chi connectivity index (χ2n) is 5.42. The first-order valence-corrected chi connectivity index (χ1v) is 8.69. The minimum absolute atomic E-state index is 0.0501. The van der Waals surface area contributed by atoms with E-state index in [1.807, 2.05) is 12.1 Å². The first kappa shape index (κ1) is 19.2. The molecule has 0 aliphatic carbocycles. The number of nitro groups is 1. The van der Waals surface area contributed by atoms with Gasteiger partial charge in [-0.05, 0) is 40.6 Å². The smallest absolute Gasteiger partial charge is 0.382 e. The molecule has 1 aromatic heterocycles. The number of hydrogen-bond donors (Lipinski definition) is 1. The minimum atomic E-state index is -0.842. The average molecular weight is 414 g/mol. The maximum absolute atomic E-state index is 10.7. The normalized spacial score (nSPS) is 12.0. The van der Waals surface area contributed by atoms with Gasteiger partial charge in [-0.2, -0.15) is 0 Å². The highest BCUT2D eigenvalue weighted by molar-refractivity contribution is 9.10. The molecule has 8 nitrogen and oxygen atoms in total. The monoisotopic (exact) mass is 413 g/mol. The van der Waals surface area contributed by atoms with Crippen LogP contribution in [0.1, 0.15) is 19.8 Å². The van der Waals surface area contributed by atoms with Crippen LogP contribution in [0.3, 0.4) is 0 Å². The molecule has 0 fully saturated rings. The van der Waals surface area contributed by atoms with Gasteiger partial charge in [0.05, 0.1) is 13.2 Å². The van der Waals surface area contributed by atoms with Gasteiger partial charge >= 0.3 is 5.82 Å². The van der Waals surface area contributed by atoms with Crippen LogP contribution < -0.4 is 9.47 Å². The summed E-state index contributed by atoms with van der Waals surface area (Å²) in [5.41, 5.74) is 0. The molecule has 1 heterocycles. The molecule has 0 amide bonds. The zero-order valence-electron chi connectivity index (χ0n) is 13.8. The van der Waals surface area contributed by atoms with E-state index in [2.05, 4.69) is 27.8 Å². The van der Waals surface area contributed by atoms with Gasteiger partial charge in [-0.3, -0.25) is 4.57 Å². The van der Waals surface area contributed by atoms with Gasteiger partial charge in [0.25, 0.3) is 4.73 Å². The van der Waals surface area contributed by atoms with Gasteiger partial charge < -0.3 is 24.7 Å². The van der Waals surface area contributed by atoms with Gasteiger partial charge in [0.2, 0.25) is 0 Å². The number of ether oxygens (including phenoxy) is 2. The summed E-state index contributed by atoms with van der Waals surface area (Å²) in [6.45, 7) is 2.96. The molecule has 2 rings (SSSR count). The van der Waals surface area contributed by atoms with E-state index in [0.717, 1.165) is 18.6 Å². The summed E-state index contributed by atoms with van der Waals surface area (Å²) >= 11 is 3.13. The number of aliphatic hydroxyl groups excluding tert-OH is 1. The molecule has 1 aromatic carbocycles. The number of unbranched alkanes of at least 4 members (excludes halogenated alkanes) is 1. The Balaban J connectivity index is 1.81. The summed E-state index contributed by atoms with van der Waals surface area (Å²) in [6, 6.07) is 7.17. The standard InChI is InChI=1S/C16H20BrN3O5/c1-2-3-8-24-13-4-6-14(7-5-13)25-11-12(21)9-19-10-15(20(22)23)18-16(19)17/h4-7,10,12,21H,2-3,8-9,11H2,1H3. The van der Waals surface area contributed by atoms with Crippen LogP contribution in [0, 0.1) is 10.1 Å². The molecule has 9 heteroatoms. The van der Waals surface area contributed by atoms with Crippen LogP contribution in [0.15, 0.2) is 35.2 Å². The van der Waals surface area contributed by atoms with Crippen molar-refractivity contribution in [1.29, 1.82) is 0 Å².